The van der Waals surface area contributed by atoms with Gasteiger partial charge in [-0.3, -0.25) is 4.79 Å². The van der Waals surface area contributed by atoms with Gasteiger partial charge in [-0.15, -0.1) is 0 Å². The second-order valence-corrected chi connectivity index (χ2v) is 5.79. The Morgan fingerprint density at radius 3 is 2.24 bits per heavy atom. The van der Waals surface area contributed by atoms with Crippen molar-refractivity contribution in [3.63, 3.8) is 0 Å². The van der Waals surface area contributed by atoms with Crippen molar-refractivity contribution in [2.45, 2.75) is 13.8 Å². The SMILES string of the molecule is C/C=C\C(=C/C)N(c1ccccc1)c1ccc2cc(C=O)ccc2c1. The van der Waals surface area contributed by atoms with Gasteiger partial charge >= 0.3 is 0 Å². The Morgan fingerprint density at radius 2 is 1.56 bits per heavy atom. The van der Waals surface area contributed by atoms with Gasteiger partial charge in [-0.1, -0.05) is 48.6 Å². The van der Waals surface area contributed by atoms with Crippen LogP contribution in [0.5, 0.6) is 0 Å². The third-order valence-electron chi connectivity index (χ3n) is 4.15. The minimum Gasteiger partial charge on any atom is -0.311 e. The van der Waals surface area contributed by atoms with Crippen LogP contribution >= 0.6 is 0 Å². The number of carbonyl (C=O) groups excluding carboxylic acids is 1. The van der Waals surface area contributed by atoms with Gasteiger partial charge in [-0.25, -0.2) is 0 Å². The molecule has 0 heterocycles. The molecule has 0 aliphatic rings. The maximum atomic E-state index is 11.0. The minimum atomic E-state index is 0.697. The summed E-state index contributed by atoms with van der Waals surface area (Å²) in [7, 11) is 0. The quantitative estimate of drug-likeness (QED) is 0.406. The molecule has 0 aliphatic carbocycles. The van der Waals surface area contributed by atoms with Crippen LogP contribution in [0.25, 0.3) is 10.8 Å². The van der Waals surface area contributed by atoms with Crippen molar-refractivity contribution in [2.24, 2.45) is 0 Å². The highest BCUT2D eigenvalue weighted by Gasteiger charge is 2.12. The molecule has 3 aromatic carbocycles. The summed E-state index contributed by atoms with van der Waals surface area (Å²) in [5, 5.41) is 2.18. The molecule has 0 fully saturated rings. The molecule has 124 valence electrons. The molecule has 0 spiro atoms. The van der Waals surface area contributed by atoms with Gasteiger partial charge in [-0.05, 0) is 61.0 Å². The smallest absolute Gasteiger partial charge is 0.150 e. The maximum absolute atomic E-state index is 11.0. The van der Waals surface area contributed by atoms with E-state index in [1.165, 1.54) is 0 Å². The van der Waals surface area contributed by atoms with E-state index in [-0.39, 0.29) is 0 Å². The first-order valence-electron chi connectivity index (χ1n) is 8.40. The molecule has 25 heavy (non-hydrogen) atoms. The Kier molecular flexibility index (Phi) is 5.10. The number of hydrogen-bond acceptors (Lipinski definition) is 2. The van der Waals surface area contributed by atoms with E-state index in [1.807, 2.05) is 56.3 Å². The molecule has 3 aromatic rings. The molecule has 0 saturated heterocycles. The third-order valence-corrected chi connectivity index (χ3v) is 4.15. The predicted molar refractivity (Wildman–Crippen MR) is 106 cm³/mol. The maximum Gasteiger partial charge on any atom is 0.150 e. The Labute approximate surface area is 148 Å². The number of rotatable bonds is 5. The van der Waals surface area contributed by atoms with Crippen LogP contribution in [0.2, 0.25) is 0 Å². The molecule has 3 rings (SSSR count). The number of anilines is 2. The van der Waals surface area contributed by atoms with Gasteiger partial charge in [0.2, 0.25) is 0 Å². The fourth-order valence-corrected chi connectivity index (χ4v) is 2.96. The van der Waals surface area contributed by atoms with Crippen LogP contribution < -0.4 is 4.90 Å². The zero-order valence-electron chi connectivity index (χ0n) is 14.5. The topological polar surface area (TPSA) is 20.3 Å². The lowest BCUT2D eigenvalue weighted by Gasteiger charge is -2.26. The summed E-state index contributed by atoms with van der Waals surface area (Å²) in [5.41, 5.74) is 4.00. The van der Waals surface area contributed by atoms with E-state index in [0.717, 1.165) is 34.1 Å². The van der Waals surface area contributed by atoms with Crippen LogP contribution in [0, 0.1) is 0 Å². The van der Waals surface area contributed by atoms with Crippen LogP contribution in [-0.2, 0) is 0 Å². The number of allylic oxidation sites excluding steroid dienone is 3. The van der Waals surface area contributed by atoms with Crippen molar-refractivity contribution in [1.29, 1.82) is 0 Å². The van der Waals surface area contributed by atoms with E-state index in [2.05, 4.69) is 47.4 Å². The van der Waals surface area contributed by atoms with E-state index in [1.54, 1.807) is 0 Å². The molecule has 0 unspecified atom stereocenters. The van der Waals surface area contributed by atoms with Crippen molar-refractivity contribution < 1.29 is 4.79 Å². The van der Waals surface area contributed by atoms with Crippen molar-refractivity contribution in [1.82, 2.24) is 0 Å². The van der Waals surface area contributed by atoms with E-state index in [4.69, 9.17) is 0 Å². The van der Waals surface area contributed by atoms with Crippen molar-refractivity contribution in [3.05, 3.63) is 96.2 Å². The number of benzene rings is 3. The third kappa shape index (κ3) is 3.53. The molecule has 0 saturated carbocycles. The first-order chi connectivity index (χ1) is 12.3. The zero-order valence-corrected chi connectivity index (χ0v) is 14.5. The molecule has 2 nitrogen and oxygen atoms in total. The lowest BCUT2D eigenvalue weighted by atomic mass is 10.1. The number of carbonyl (C=O) groups is 1. The Bertz CT molecular complexity index is 939. The Balaban J connectivity index is 2.15. The molecular weight excluding hydrogens is 306 g/mol. The summed E-state index contributed by atoms with van der Waals surface area (Å²) in [4.78, 5) is 13.2. The van der Waals surface area contributed by atoms with Crippen LogP contribution in [0.4, 0.5) is 11.4 Å². The number of aldehydes is 1. The summed E-state index contributed by atoms with van der Waals surface area (Å²) in [6, 6.07) is 22.4. The minimum absolute atomic E-state index is 0.697. The fraction of sp³-hybridized carbons (Fsp3) is 0.0870. The molecule has 0 bridgehead atoms. The molecule has 0 aliphatic heterocycles. The van der Waals surface area contributed by atoms with Gasteiger partial charge in [0.25, 0.3) is 0 Å². The van der Waals surface area contributed by atoms with Crippen LogP contribution in [0.15, 0.2) is 90.7 Å². The number of para-hydroxylation sites is 1. The summed E-state index contributed by atoms with van der Waals surface area (Å²) in [6.07, 6.45) is 7.13. The van der Waals surface area contributed by atoms with E-state index >= 15 is 0 Å². The van der Waals surface area contributed by atoms with Gasteiger partial charge in [-0.2, -0.15) is 0 Å². The first kappa shape index (κ1) is 16.7. The number of nitrogens with zero attached hydrogens (tertiary/aromatic N) is 1. The molecule has 0 aromatic heterocycles. The van der Waals surface area contributed by atoms with Crippen molar-refractivity contribution in [3.8, 4) is 0 Å². The van der Waals surface area contributed by atoms with Gasteiger partial charge in [0.15, 0.2) is 0 Å². The standard InChI is InChI=1S/C23H21NO/c1-3-8-21(4-2)24(22-9-6-5-7-10-22)23-14-13-19-15-18(17-25)11-12-20(19)16-23/h3-17H,1-2H3/b8-3-,21-4+. The second kappa shape index (κ2) is 7.63. The molecule has 2 heteroatoms. The molecule has 0 atom stereocenters. The van der Waals surface area contributed by atoms with Crippen LogP contribution in [-0.4, -0.2) is 6.29 Å². The van der Waals surface area contributed by atoms with Gasteiger partial charge < -0.3 is 4.90 Å². The molecular formula is C23H21NO. The normalized spacial score (nSPS) is 11.8. The Hall–Kier alpha value is -3.13. The van der Waals surface area contributed by atoms with Gasteiger partial charge in [0.1, 0.15) is 6.29 Å². The summed E-state index contributed by atoms with van der Waals surface area (Å²) in [5.74, 6) is 0. The lowest BCUT2D eigenvalue weighted by Crippen LogP contribution is -2.14. The average Bonchev–Trinajstić information content (AvgIpc) is 2.68. The van der Waals surface area contributed by atoms with Crippen LogP contribution in [0.1, 0.15) is 24.2 Å². The highest BCUT2D eigenvalue weighted by Crippen LogP contribution is 2.32. The second-order valence-electron chi connectivity index (χ2n) is 5.79. The van der Waals surface area contributed by atoms with Gasteiger partial charge in [0, 0.05) is 22.6 Å². The lowest BCUT2D eigenvalue weighted by molar-refractivity contribution is 0.112. The summed E-state index contributed by atoms with van der Waals surface area (Å²) < 4.78 is 0. The monoisotopic (exact) mass is 327 g/mol. The van der Waals surface area contributed by atoms with E-state index in [9.17, 15) is 4.79 Å². The van der Waals surface area contributed by atoms with Gasteiger partial charge in [0.05, 0.1) is 0 Å². The van der Waals surface area contributed by atoms with Crippen LogP contribution in [0.3, 0.4) is 0 Å². The van der Waals surface area contributed by atoms with Crippen molar-refractivity contribution in [2.75, 3.05) is 4.90 Å². The molecule has 0 amide bonds. The number of hydrogen-bond donors (Lipinski definition) is 0. The molecule has 0 radical (unpaired) electrons. The Morgan fingerprint density at radius 1 is 0.840 bits per heavy atom. The molecule has 0 N–H and O–H groups in total. The highest BCUT2D eigenvalue weighted by atomic mass is 16.1. The summed E-state index contributed by atoms with van der Waals surface area (Å²) in [6.45, 7) is 4.07. The van der Waals surface area contributed by atoms with E-state index in [0.29, 0.717) is 5.56 Å². The number of fused-ring (bicyclic) bond motifs is 1. The average molecular weight is 327 g/mol. The highest BCUT2D eigenvalue weighted by molar-refractivity contribution is 5.92. The fourth-order valence-electron chi connectivity index (χ4n) is 2.96. The summed E-state index contributed by atoms with van der Waals surface area (Å²) >= 11 is 0. The zero-order chi connectivity index (χ0) is 17.6. The largest absolute Gasteiger partial charge is 0.311 e. The first-order valence-corrected chi connectivity index (χ1v) is 8.40. The predicted octanol–water partition coefficient (Wildman–Crippen LogP) is 6.27. The van der Waals surface area contributed by atoms with Crippen molar-refractivity contribution >= 4 is 28.4 Å². The van der Waals surface area contributed by atoms with E-state index < -0.39 is 0 Å².